The summed E-state index contributed by atoms with van der Waals surface area (Å²) in [5.74, 6) is -0.0721. The first-order valence-electron chi connectivity index (χ1n) is 8.51. The number of nitriles is 1. The van der Waals surface area contributed by atoms with Crippen molar-refractivity contribution < 1.29 is 9.59 Å². The molecule has 25 heavy (non-hydrogen) atoms. The standard InChI is InChI=1S/C19H22N4O2/c1-13-16(14(2)22-18(25)21-13)17(24)23-10-8-19(12-20,9-11-23)15-6-4-3-5-7-15/h3-7,13H,8-11H2,1-2H3,(H2,21,22,25)/t13-/m1/s1. The molecular weight excluding hydrogens is 316 g/mol. The molecule has 0 spiro atoms. The second-order valence-electron chi connectivity index (χ2n) is 6.71. The van der Waals surface area contributed by atoms with Crippen molar-refractivity contribution in [2.75, 3.05) is 13.1 Å². The number of amides is 3. The molecule has 1 atom stereocenters. The van der Waals surface area contributed by atoms with Crippen LogP contribution in [0.5, 0.6) is 0 Å². The van der Waals surface area contributed by atoms with Crippen LogP contribution in [0.2, 0.25) is 0 Å². The van der Waals surface area contributed by atoms with Crippen molar-refractivity contribution in [2.45, 2.75) is 38.1 Å². The van der Waals surface area contributed by atoms with Gasteiger partial charge in [0.1, 0.15) is 0 Å². The van der Waals surface area contributed by atoms with Crippen LogP contribution in [0, 0.1) is 11.3 Å². The molecule has 3 rings (SSSR count). The minimum Gasteiger partial charge on any atom is -0.339 e. The predicted molar refractivity (Wildman–Crippen MR) is 93.4 cm³/mol. The van der Waals surface area contributed by atoms with Gasteiger partial charge in [0.2, 0.25) is 0 Å². The third-order valence-electron chi connectivity index (χ3n) is 5.16. The average molecular weight is 338 g/mol. The van der Waals surface area contributed by atoms with Crippen molar-refractivity contribution >= 4 is 11.9 Å². The van der Waals surface area contributed by atoms with Crippen LogP contribution in [0.3, 0.4) is 0 Å². The lowest BCUT2D eigenvalue weighted by molar-refractivity contribution is -0.128. The van der Waals surface area contributed by atoms with E-state index in [9.17, 15) is 14.9 Å². The van der Waals surface area contributed by atoms with Crippen molar-refractivity contribution in [3.05, 3.63) is 47.2 Å². The Morgan fingerprint density at radius 2 is 1.92 bits per heavy atom. The first-order valence-corrected chi connectivity index (χ1v) is 8.51. The van der Waals surface area contributed by atoms with Gasteiger partial charge < -0.3 is 15.5 Å². The van der Waals surface area contributed by atoms with Crippen molar-refractivity contribution in [1.29, 1.82) is 5.26 Å². The number of rotatable bonds is 2. The van der Waals surface area contributed by atoms with Gasteiger partial charge in [-0.15, -0.1) is 0 Å². The highest BCUT2D eigenvalue weighted by atomic mass is 16.2. The summed E-state index contributed by atoms with van der Waals surface area (Å²) in [5.41, 5.74) is 1.66. The van der Waals surface area contributed by atoms with Crippen LogP contribution in [-0.2, 0) is 10.2 Å². The minimum absolute atomic E-state index is 0.0721. The molecule has 0 radical (unpaired) electrons. The van der Waals surface area contributed by atoms with Crippen LogP contribution in [0.4, 0.5) is 4.79 Å². The fourth-order valence-corrected chi connectivity index (χ4v) is 3.70. The summed E-state index contributed by atoms with van der Waals surface area (Å²) in [6.45, 7) is 4.61. The Labute approximate surface area is 147 Å². The summed E-state index contributed by atoms with van der Waals surface area (Å²) in [4.78, 5) is 26.2. The summed E-state index contributed by atoms with van der Waals surface area (Å²) in [5, 5.41) is 15.1. The molecule has 6 heteroatoms. The third kappa shape index (κ3) is 3.10. The van der Waals surface area contributed by atoms with E-state index in [4.69, 9.17) is 0 Å². The first kappa shape index (κ1) is 17.0. The number of nitrogens with zero attached hydrogens (tertiary/aromatic N) is 2. The maximum absolute atomic E-state index is 12.9. The zero-order valence-corrected chi connectivity index (χ0v) is 14.5. The molecule has 6 nitrogen and oxygen atoms in total. The van der Waals surface area contributed by atoms with E-state index in [1.165, 1.54) is 0 Å². The topological polar surface area (TPSA) is 85.2 Å². The van der Waals surface area contributed by atoms with E-state index in [0.29, 0.717) is 37.2 Å². The summed E-state index contributed by atoms with van der Waals surface area (Å²) in [6.07, 6.45) is 1.22. The molecule has 3 amide bonds. The minimum atomic E-state index is -0.536. The highest BCUT2D eigenvalue weighted by molar-refractivity contribution is 5.98. The van der Waals surface area contributed by atoms with E-state index in [-0.39, 0.29) is 18.0 Å². The monoisotopic (exact) mass is 338 g/mol. The molecule has 1 fully saturated rings. The van der Waals surface area contributed by atoms with Gasteiger partial charge in [0, 0.05) is 18.8 Å². The molecule has 1 saturated heterocycles. The Hall–Kier alpha value is -2.81. The highest BCUT2D eigenvalue weighted by Crippen LogP contribution is 2.35. The molecule has 2 aliphatic rings. The molecular formula is C19H22N4O2. The fraction of sp³-hybridized carbons (Fsp3) is 0.421. The van der Waals surface area contributed by atoms with E-state index in [0.717, 1.165) is 5.56 Å². The van der Waals surface area contributed by atoms with Crippen LogP contribution in [0.15, 0.2) is 41.6 Å². The molecule has 1 aromatic carbocycles. The Bertz CT molecular complexity index is 755. The van der Waals surface area contributed by atoms with E-state index in [1.807, 2.05) is 37.3 Å². The number of carbonyl (C=O) groups excluding carboxylic acids is 2. The second kappa shape index (κ2) is 6.60. The van der Waals surface area contributed by atoms with Gasteiger partial charge in [0.05, 0.1) is 23.1 Å². The fourth-order valence-electron chi connectivity index (χ4n) is 3.70. The molecule has 0 unspecified atom stereocenters. The van der Waals surface area contributed by atoms with Crippen molar-refractivity contribution in [3.8, 4) is 6.07 Å². The van der Waals surface area contributed by atoms with Crippen molar-refractivity contribution in [1.82, 2.24) is 15.5 Å². The number of benzene rings is 1. The number of nitrogens with one attached hydrogen (secondary N) is 2. The summed E-state index contributed by atoms with van der Waals surface area (Å²) in [6, 6.07) is 11.7. The Kier molecular flexibility index (Phi) is 4.49. The number of hydrogen-bond donors (Lipinski definition) is 2. The van der Waals surface area contributed by atoms with Crippen molar-refractivity contribution in [2.24, 2.45) is 0 Å². The maximum atomic E-state index is 12.9. The van der Waals surface area contributed by atoms with Gasteiger partial charge in [0.15, 0.2) is 0 Å². The largest absolute Gasteiger partial charge is 0.339 e. The maximum Gasteiger partial charge on any atom is 0.319 e. The van der Waals surface area contributed by atoms with Crippen molar-refractivity contribution in [3.63, 3.8) is 0 Å². The highest BCUT2D eigenvalue weighted by Gasteiger charge is 2.39. The molecule has 0 aromatic heterocycles. The van der Waals surface area contributed by atoms with E-state index in [2.05, 4.69) is 16.7 Å². The lowest BCUT2D eigenvalue weighted by Gasteiger charge is -2.39. The van der Waals surface area contributed by atoms with Gasteiger partial charge in [-0.3, -0.25) is 4.79 Å². The van der Waals surface area contributed by atoms with Crippen LogP contribution in [0.1, 0.15) is 32.3 Å². The molecule has 0 bridgehead atoms. The molecule has 0 aliphatic carbocycles. The van der Waals surface area contributed by atoms with E-state index >= 15 is 0 Å². The summed E-state index contributed by atoms with van der Waals surface area (Å²) >= 11 is 0. The first-order chi connectivity index (χ1) is 12.0. The smallest absolute Gasteiger partial charge is 0.319 e. The molecule has 130 valence electrons. The number of hydrogen-bond acceptors (Lipinski definition) is 3. The van der Waals surface area contributed by atoms with E-state index < -0.39 is 5.41 Å². The second-order valence-corrected chi connectivity index (χ2v) is 6.71. The summed E-state index contributed by atoms with van der Waals surface area (Å²) < 4.78 is 0. The van der Waals surface area contributed by atoms with Crippen LogP contribution in [-0.4, -0.2) is 36.0 Å². The number of likely N-dealkylation sites (tertiary alicyclic amines) is 1. The zero-order valence-electron chi connectivity index (χ0n) is 14.5. The lowest BCUT2D eigenvalue weighted by atomic mass is 9.74. The van der Waals surface area contributed by atoms with Crippen LogP contribution >= 0.6 is 0 Å². The Morgan fingerprint density at radius 3 is 2.48 bits per heavy atom. The van der Waals surface area contributed by atoms with Gasteiger partial charge in [0.25, 0.3) is 5.91 Å². The molecule has 2 aliphatic heterocycles. The normalized spacial score (nSPS) is 22.7. The number of carbonyl (C=O) groups is 2. The Morgan fingerprint density at radius 1 is 1.28 bits per heavy atom. The average Bonchev–Trinajstić information content (AvgIpc) is 2.61. The third-order valence-corrected chi connectivity index (χ3v) is 5.16. The van der Waals surface area contributed by atoms with Gasteiger partial charge in [-0.25, -0.2) is 4.79 Å². The van der Waals surface area contributed by atoms with Gasteiger partial charge >= 0.3 is 6.03 Å². The van der Waals surface area contributed by atoms with Gasteiger partial charge in [-0.1, -0.05) is 30.3 Å². The lowest BCUT2D eigenvalue weighted by Crippen LogP contribution is -2.52. The predicted octanol–water partition coefficient (Wildman–Crippen LogP) is 2.05. The van der Waals surface area contributed by atoms with Crippen LogP contribution in [0.25, 0.3) is 0 Å². The van der Waals surface area contributed by atoms with E-state index in [1.54, 1.807) is 11.8 Å². The number of allylic oxidation sites excluding steroid dienone is 1. The van der Waals surface area contributed by atoms with Gasteiger partial charge in [-0.2, -0.15) is 5.26 Å². The number of urea groups is 1. The summed E-state index contributed by atoms with van der Waals surface area (Å²) in [7, 11) is 0. The SMILES string of the molecule is CC1=C(C(=O)N2CCC(C#N)(c3ccccc3)CC2)[C@@H](C)NC(=O)N1. The number of piperidine rings is 1. The quantitative estimate of drug-likeness (QED) is 0.865. The van der Waals surface area contributed by atoms with Crippen LogP contribution < -0.4 is 10.6 Å². The molecule has 2 heterocycles. The molecule has 1 aromatic rings. The Balaban J connectivity index is 1.76. The molecule has 0 saturated carbocycles. The van der Waals surface area contributed by atoms with Gasteiger partial charge in [-0.05, 0) is 32.3 Å². The zero-order chi connectivity index (χ0) is 18.0. The molecule has 2 N–H and O–H groups in total.